The molecular weight excluding hydrogens is 583 g/mol. The molecule has 1 aliphatic carbocycles. The van der Waals surface area contributed by atoms with Crippen molar-refractivity contribution in [3.8, 4) is 10.4 Å². The van der Waals surface area contributed by atoms with Gasteiger partial charge in [0.2, 0.25) is 0 Å². The van der Waals surface area contributed by atoms with Crippen LogP contribution in [-0.4, -0.2) is 49.2 Å². The normalized spacial score (nSPS) is 28.4. The zero-order chi connectivity index (χ0) is 22.7. The lowest BCUT2D eigenvalue weighted by Gasteiger charge is -2.32. The highest BCUT2D eigenvalue weighted by Gasteiger charge is 2.46. The van der Waals surface area contributed by atoms with Crippen molar-refractivity contribution in [1.29, 1.82) is 0 Å². The number of β-amino-alcohol motifs (C(OH)–C–C–N with tert-alkyl or cyclic N) is 1. The number of rotatable bonds is 4. The number of alkyl halides is 1. The summed E-state index contributed by atoms with van der Waals surface area (Å²) in [4.78, 5) is 9.71. The highest BCUT2D eigenvalue weighted by Crippen LogP contribution is 2.40. The van der Waals surface area contributed by atoms with E-state index in [-0.39, 0.29) is 3.92 Å². The lowest BCUT2D eigenvalue weighted by atomic mass is 10.0. The van der Waals surface area contributed by atoms with E-state index in [1.165, 1.54) is 15.3 Å². The Balaban J connectivity index is 1.60. The summed E-state index contributed by atoms with van der Waals surface area (Å²) in [5, 5.41) is 15.8. The Morgan fingerprint density at radius 3 is 2.94 bits per heavy atom. The number of halogens is 2. The van der Waals surface area contributed by atoms with Crippen molar-refractivity contribution in [2.24, 2.45) is 0 Å². The molecule has 1 aliphatic heterocycles. The van der Waals surface area contributed by atoms with Crippen molar-refractivity contribution in [2.75, 3.05) is 13.1 Å². The first kappa shape index (κ1) is 22.5. The first-order valence-corrected chi connectivity index (χ1v) is 13.9. The molecule has 3 atom stereocenters. The molecule has 0 radical (unpaired) electrons. The van der Waals surface area contributed by atoms with Crippen molar-refractivity contribution < 1.29 is 13.5 Å². The van der Waals surface area contributed by atoms with Gasteiger partial charge < -0.3 is 10.4 Å². The molecule has 0 bridgehead atoms. The Morgan fingerprint density at radius 1 is 1.38 bits per heavy atom. The first-order chi connectivity index (χ1) is 15.2. The lowest BCUT2D eigenvalue weighted by Crippen LogP contribution is -2.45. The summed E-state index contributed by atoms with van der Waals surface area (Å²) in [5.41, 5.74) is 0.215. The van der Waals surface area contributed by atoms with E-state index in [0.717, 1.165) is 17.0 Å². The monoisotopic (exact) mass is 602 g/mol. The third-order valence-corrected chi connectivity index (χ3v) is 12.0. The number of thiazole rings is 1. The van der Waals surface area contributed by atoms with Crippen LogP contribution in [0.3, 0.4) is 0 Å². The van der Waals surface area contributed by atoms with Gasteiger partial charge in [0, 0.05) is 41.1 Å². The number of hydrogen-bond acceptors (Lipinski definition) is 7. The summed E-state index contributed by atoms with van der Waals surface area (Å²) in [5.74, 6) is 0. The van der Waals surface area contributed by atoms with Gasteiger partial charge in [-0.1, -0.05) is 40.3 Å². The summed E-state index contributed by atoms with van der Waals surface area (Å²) < 4.78 is 27.2. The van der Waals surface area contributed by atoms with E-state index in [0.29, 0.717) is 34.0 Å². The molecule has 3 unspecified atom stereocenters. The fraction of sp³-hybridized carbons (Fsp3) is 0.333. The zero-order valence-electron chi connectivity index (χ0n) is 17.0. The summed E-state index contributed by atoms with van der Waals surface area (Å²) in [6, 6.07) is 3.60. The third-order valence-electron chi connectivity index (χ3n) is 6.07. The van der Waals surface area contributed by atoms with Crippen LogP contribution in [0.5, 0.6) is 0 Å². The second kappa shape index (κ2) is 7.88. The van der Waals surface area contributed by atoms with Gasteiger partial charge in [-0.05, 0) is 44.2 Å². The number of allylic oxidation sites excluding steroid dienone is 3. The average Bonchev–Trinajstić information content (AvgIpc) is 3.50. The van der Waals surface area contributed by atoms with Crippen molar-refractivity contribution >= 4 is 66.6 Å². The van der Waals surface area contributed by atoms with Crippen LogP contribution in [0.1, 0.15) is 18.4 Å². The van der Waals surface area contributed by atoms with E-state index in [2.05, 4.69) is 37.9 Å². The van der Waals surface area contributed by atoms with E-state index in [4.69, 9.17) is 11.6 Å². The largest absolute Gasteiger partial charge is 0.381 e. The fourth-order valence-corrected chi connectivity index (χ4v) is 8.54. The van der Waals surface area contributed by atoms with Gasteiger partial charge in [0.15, 0.2) is 5.65 Å². The van der Waals surface area contributed by atoms with Gasteiger partial charge in [-0.25, -0.2) is 22.4 Å². The Morgan fingerprint density at radius 2 is 2.19 bits per heavy atom. The fourth-order valence-electron chi connectivity index (χ4n) is 4.10. The molecule has 1 fully saturated rings. The van der Waals surface area contributed by atoms with Crippen LogP contribution in [0.15, 0.2) is 54.0 Å². The maximum atomic E-state index is 13.7. The van der Waals surface area contributed by atoms with Gasteiger partial charge in [0.1, 0.15) is 15.4 Å². The minimum atomic E-state index is -3.87. The second-order valence-corrected chi connectivity index (χ2v) is 13.2. The van der Waals surface area contributed by atoms with Crippen LogP contribution in [-0.2, 0) is 15.6 Å². The maximum Gasteiger partial charge on any atom is 0.250 e. The van der Waals surface area contributed by atoms with Crippen LogP contribution in [0.25, 0.3) is 21.5 Å². The molecule has 32 heavy (non-hydrogen) atoms. The SMILES string of the molecule is CC1(S(=O)(=O)n2ccc3c(-c4cnc(C5(O)CCNC5)s4)ccnc32)C=C(Cl)C=CC1I. The predicted octanol–water partition coefficient (Wildman–Crippen LogP) is 3.77. The molecule has 0 saturated carbocycles. The first-order valence-electron chi connectivity index (χ1n) is 9.97. The molecule has 0 spiro atoms. The number of hydrogen-bond donors (Lipinski definition) is 2. The Bertz CT molecular complexity index is 1370. The summed E-state index contributed by atoms with van der Waals surface area (Å²) in [7, 11) is -3.87. The van der Waals surface area contributed by atoms with Gasteiger partial charge in [0.05, 0.1) is 8.80 Å². The van der Waals surface area contributed by atoms with Crippen LogP contribution >= 0.6 is 45.5 Å². The van der Waals surface area contributed by atoms with E-state index >= 15 is 0 Å². The number of fused-ring (bicyclic) bond motifs is 1. The van der Waals surface area contributed by atoms with Crippen LogP contribution < -0.4 is 5.32 Å². The highest BCUT2D eigenvalue weighted by molar-refractivity contribution is 14.1. The predicted molar refractivity (Wildman–Crippen MR) is 136 cm³/mol. The maximum absolute atomic E-state index is 13.7. The van der Waals surface area contributed by atoms with E-state index in [1.807, 2.05) is 6.07 Å². The summed E-state index contributed by atoms with van der Waals surface area (Å²) in [6.07, 6.45) is 10.6. The van der Waals surface area contributed by atoms with Gasteiger partial charge in [-0.15, -0.1) is 11.3 Å². The molecule has 3 aromatic rings. The van der Waals surface area contributed by atoms with Gasteiger partial charge in [0.25, 0.3) is 10.0 Å². The van der Waals surface area contributed by atoms with E-state index in [1.54, 1.807) is 49.8 Å². The molecule has 1 saturated heterocycles. The Labute approximate surface area is 208 Å². The van der Waals surface area contributed by atoms with Crippen molar-refractivity contribution in [3.05, 3.63) is 59.0 Å². The second-order valence-electron chi connectivity index (χ2n) is 8.17. The lowest BCUT2D eigenvalue weighted by molar-refractivity contribution is 0.0584. The minimum Gasteiger partial charge on any atom is -0.381 e. The summed E-state index contributed by atoms with van der Waals surface area (Å²) in [6.45, 7) is 2.89. The summed E-state index contributed by atoms with van der Waals surface area (Å²) >= 11 is 9.71. The molecule has 4 heterocycles. The number of nitrogens with one attached hydrogen (secondary N) is 1. The average molecular weight is 603 g/mol. The molecule has 5 rings (SSSR count). The number of nitrogens with zero attached hydrogens (tertiary/aromatic N) is 3. The molecule has 11 heteroatoms. The smallest absolute Gasteiger partial charge is 0.250 e. The zero-order valence-corrected chi connectivity index (χ0v) is 21.5. The molecule has 2 N–H and O–H groups in total. The van der Waals surface area contributed by atoms with Crippen molar-refractivity contribution in [2.45, 2.75) is 27.6 Å². The Hall–Kier alpha value is -1.31. The van der Waals surface area contributed by atoms with Gasteiger partial charge >= 0.3 is 0 Å². The van der Waals surface area contributed by atoms with Crippen LogP contribution in [0.2, 0.25) is 0 Å². The third kappa shape index (κ3) is 3.38. The van der Waals surface area contributed by atoms with Crippen molar-refractivity contribution in [1.82, 2.24) is 19.3 Å². The molecule has 0 amide bonds. The minimum absolute atomic E-state index is 0.293. The van der Waals surface area contributed by atoms with Gasteiger partial charge in [-0.2, -0.15) is 0 Å². The van der Waals surface area contributed by atoms with Crippen LogP contribution in [0, 0.1) is 0 Å². The molecule has 168 valence electrons. The van der Waals surface area contributed by atoms with Crippen LogP contribution in [0.4, 0.5) is 0 Å². The van der Waals surface area contributed by atoms with E-state index < -0.39 is 20.4 Å². The molecule has 2 aliphatic rings. The van der Waals surface area contributed by atoms with Crippen molar-refractivity contribution in [3.63, 3.8) is 0 Å². The standard InChI is InChI=1S/C21H20ClIN4O3S2/c1-20(10-13(22)2-3-17(20)23)32(29,30)27-9-5-15-14(4-7-25-18(15)27)16-11-26-19(31-16)21(28)6-8-24-12-21/h2-5,7,9-11,17,24,28H,6,8,12H2,1H3. The Kier molecular flexibility index (Phi) is 5.54. The number of aromatic nitrogens is 3. The highest BCUT2D eigenvalue weighted by atomic mass is 127. The van der Waals surface area contributed by atoms with Gasteiger partial charge in [-0.3, -0.25) is 0 Å². The molecule has 3 aromatic heterocycles. The number of pyridine rings is 1. The topological polar surface area (TPSA) is 97.1 Å². The van der Waals surface area contributed by atoms with E-state index in [9.17, 15) is 13.5 Å². The molecule has 0 aromatic carbocycles. The molecular formula is C21H20ClIN4O3S2. The molecule has 7 nitrogen and oxygen atoms in total. The number of aliphatic hydroxyl groups is 1. The quantitative estimate of drug-likeness (QED) is 0.349.